The number of likely N-dealkylation sites (tertiary alicyclic amines) is 1. The predicted octanol–water partition coefficient (Wildman–Crippen LogP) is 3.28. The molecule has 28 heavy (non-hydrogen) atoms. The van der Waals surface area contributed by atoms with E-state index in [1.54, 1.807) is 17.0 Å². The summed E-state index contributed by atoms with van der Waals surface area (Å²) in [5, 5.41) is 15.5. The van der Waals surface area contributed by atoms with Crippen molar-refractivity contribution >= 4 is 17.6 Å². The molecule has 0 radical (unpaired) electrons. The number of carbonyl (C=O) groups is 2. The van der Waals surface area contributed by atoms with Crippen molar-refractivity contribution < 1.29 is 9.59 Å². The Morgan fingerprint density at radius 3 is 2.86 bits per heavy atom. The zero-order chi connectivity index (χ0) is 19.5. The van der Waals surface area contributed by atoms with Crippen molar-refractivity contribution in [2.75, 3.05) is 18.4 Å². The molecule has 2 aromatic carbocycles. The average Bonchev–Trinajstić information content (AvgIpc) is 3.19. The topological polar surface area (TPSA) is 85.2 Å². The third kappa shape index (κ3) is 3.44. The molecule has 6 nitrogen and oxygen atoms in total. The van der Waals surface area contributed by atoms with E-state index < -0.39 is 0 Å². The number of nitrogens with one attached hydrogen (secondary N) is 2. The number of benzene rings is 2. The van der Waals surface area contributed by atoms with Crippen molar-refractivity contribution in [1.29, 1.82) is 5.26 Å². The number of anilines is 1. The van der Waals surface area contributed by atoms with E-state index in [0.717, 1.165) is 30.4 Å². The van der Waals surface area contributed by atoms with Gasteiger partial charge in [0.1, 0.15) is 0 Å². The number of rotatable bonds is 3. The van der Waals surface area contributed by atoms with Crippen LogP contribution in [-0.4, -0.2) is 36.0 Å². The first kappa shape index (κ1) is 18.1. The molecule has 2 unspecified atom stereocenters. The van der Waals surface area contributed by atoms with Crippen LogP contribution < -0.4 is 10.6 Å². The van der Waals surface area contributed by atoms with Crippen molar-refractivity contribution in [2.24, 2.45) is 0 Å². The van der Waals surface area contributed by atoms with Crippen molar-refractivity contribution in [2.45, 2.75) is 31.2 Å². The first-order valence-corrected chi connectivity index (χ1v) is 9.60. The fourth-order valence-corrected chi connectivity index (χ4v) is 4.14. The maximum Gasteiger partial charge on any atom is 0.322 e. The van der Waals surface area contributed by atoms with Gasteiger partial charge in [-0.2, -0.15) is 5.26 Å². The van der Waals surface area contributed by atoms with Crippen LogP contribution in [-0.2, 0) is 6.42 Å². The van der Waals surface area contributed by atoms with Gasteiger partial charge in [0.2, 0.25) is 0 Å². The van der Waals surface area contributed by atoms with E-state index >= 15 is 0 Å². The first-order valence-electron chi connectivity index (χ1n) is 9.60. The van der Waals surface area contributed by atoms with E-state index in [0.29, 0.717) is 24.3 Å². The van der Waals surface area contributed by atoms with E-state index in [9.17, 15) is 14.9 Å². The lowest BCUT2D eigenvalue weighted by Gasteiger charge is -2.28. The fourth-order valence-electron chi connectivity index (χ4n) is 4.14. The van der Waals surface area contributed by atoms with Crippen LogP contribution in [0, 0.1) is 11.3 Å². The Bertz CT molecular complexity index is 935. The van der Waals surface area contributed by atoms with Gasteiger partial charge in [-0.25, -0.2) is 4.79 Å². The predicted molar refractivity (Wildman–Crippen MR) is 106 cm³/mol. The number of hydrogen-bond acceptors (Lipinski definition) is 3. The van der Waals surface area contributed by atoms with E-state index in [4.69, 9.17) is 0 Å². The largest absolute Gasteiger partial charge is 0.352 e. The first-order chi connectivity index (χ1) is 13.7. The zero-order valence-corrected chi connectivity index (χ0v) is 15.5. The second kappa shape index (κ2) is 7.73. The van der Waals surface area contributed by atoms with Crippen LogP contribution in [0.15, 0.2) is 48.5 Å². The van der Waals surface area contributed by atoms with Gasteiger partial charge in [-0.05, 0) is 48.6 Å². The summed E-state index contributed by atoms with van der Waals surface area (Å²) >= 11 is 0. The smallest absolute Gasteiger partial charge is 0.322 e. The minimum Gasteiger partial charge on any atom is -0.352 e. The highest BCUT2D eigenvalue weighted by Crippen LogP contribution is 2.31. The molecule has 2 atom stereocenters. The molecule has 1 saturated heterocycles. The minimum atomic E-state index is -0.346. The molecule has 142 valence electrons. The standard InChI is InChI=1S/C22H22N4O2/c23-14-19(15-5-2-1-3-6-15)20-7-4-12-26(20)22(28)25-17-8-9-18-16(13-17)10-11-24-21(18)27/h1-3,5-6,8-9,13,19-20H,4,7,10-12H2,(H,24,27)(H,25,28). The molecule has 2 aromatic rings. The highest BCUT2D eigenvalue weighted by Gasteiger charge is 2.35. The molecule has 0 aliphatic carbocycles. The van der Waals surface area contributed by atoms with Gasteiger partial charge in [-0.1, -0.05) is 30.3 Å². The Labute approximate surface area is 164 Å². The van der Waals surface area contributed by atoms with Crippen LogP contribution in [0.4, 0.5) is 10.5 Å². The van der Waals surface area contributed by atoms with Crippen molar-refractivity contribution in [3.05, 3.63) is 65.2 Å². The van der Waals surface area contributed by atoms with E-state index in [1.165, 1.54) is 0 Å². The van der Waals surface area contributed by atoms with Crippen molar-refractivity contribution in [1.82, 2.24) is 10.2 Å². The Morgan fingerprint density at radius 2 is 2.07 bits per heavy atom. The summed E-state index contributed by atoms with van der Waals surface area (Å²) in [7, 11) is 0. The number of nitrogens with zero attached hydrogens (tertiary/aromatic N) is 2. The van der Waals surface area contributed by atoms with Gasteiger partial charge >= 0.3 is 6.03 Å². The molecule has 0 spiro atoms. The van der Waals surface area contributed by atoms with Gasteiger partial charge in [0.25, 0.3) is 5.91 Å². The second-order valence-electron chi connectivity index (χ2n) is 7.23. The molecule has 2 aliphatic rings. The average molecular weight is 374 g/mol. The molecular weight excluding hydrogens is 352 g/mol. The summed E-state index contributed by atoms with van der Waals surface area (Å²) in [6.45, 7) is 1.24. The molecule has 2 heterocycles. The Morgan fingerprint density at radius 1 is 1.25 bits per heavy atom. The number of nitriles is 1. The molecule has 2 aliphatic heterocycles. The molecule has 6 heteroatoms. The maximum atomic E-state index is 12.9. The molecular formula is C22H22N4O2. The summed E-state index contributed by atoms with van der Waals surface area (Å²) in [6.07, 6.45) is 2.44. The van der Waals surface area contributed by atoms with E-state index in [-0.39, 0.29) is 23.9 Å². The van der Waals surface area contributed by atoms with Crippen LogP contribution in [0.2, 0.25) is 0 Å². The van der Waals surface area contributed by atoms with Gasteiger partial charge in [-0.3, -0.25) is 4.79 Å². The lowest BCUT2D eigenvalue weighted by Crippen LogP contribution is -2.41. The highest BCUT2D eigenvalue weighted by atomic mass is 16.2. The number of fused-ring (bicyclic) bond motifs is 1. The Balaban J connectivity index is 1.51. The summed E-state index contributed by atoms with van der Waals surface area (Å²) in [4.78, 5) is 26.6. The van der Waals surface area contributed by atoms with Gasteiger partial charge < -0.3 is 15.5 Å². The third-order valence-electron chi connectivity index (χ3n) is 5.52. The molecule has 0 bridgehead atoms. The van der Waals surface area contributed by atoms with E-state index in [2.05, 4.69) is 16.7 Å². The monoisotopic (exact) mass is 374 g/mol. The normalized spacial score (nSPS) is 19.3. The van der Waals surface area contributed by atoms with Gasteiger partial charge in [0.05, 0.1) is 18.0 Å². The molecule has 3 amide bonds. The fraction of sp³-hybridized carbons (Fsp3) is 0.318. The van der Waals surface area contributed by atoms with Gasteiger partial charge in [0, 0.05) is 24.3 Å². The third-order valence-corrected chi connectivity index (χ3v) is 5.52. The number of amides is 3. The summed E-state index contributed by atoms with van der Waals surface area (Å²) in [5.41, 5.74) is 3.22. The summed E-state index contributed by atoms with van der Waals surface area (Å²) in [6, 6.07) is 17.1. The van der Waals surface area contributed by atoms with Gasteiger partial charge in [0.15, 0.2) is 0 Å². The number of urea groups is 1. The molecule has 2 N–H and O–H groups in total. The zero-order valence-electron chi connectivity index (χ0n) is 15.5. The van der Waals surface area contributed by atoms with Crippen LogP contribution in [0.3, 0.4) is 0 Å². The van der Waals surface area contributed by atoms with Crippen LogP contribution in [0.1, 0.15) is 40.2 Å². The van der Waals surface area contributed by atoms with Crippen molar-refractivity contribution in [3.8, 4) is 6.07 Å². The van der Waals surface area contributed by atoms with Gasteiger partial charge in [-0.15, -0.1) is 0 Å². The number of carbonyl (C=O) groups excluding carboxylic acids is 2. The summed E-state index contributed by atoms with van der Waals surface area (Å²) < 4.78 is 0. The number of hydrogen-bond donors (Lipinski definition) is 2. The van der Waals surface area contributed by atoms with Crippen molar-refractivity contribution in [3.63, 3.8) is 0 Å². The van der Waals surface area contributed by atoms with Crippen LogP contribution >= 0.6 is 0 Å². The van der Waals surface area contributed by atoms with Crippen LogP contribution in [0.5, 0.6) is 0 Å². The Kier molecular flexibility index (Phi) is 4.98. The maximum absolute atomic E-state index is 12.9. The SMILES string of the molecule is N#CC(c1ccccc1)C1CCCN1C(=O)Nc1ccc2c(c1)CCNC2=O. The minimum absolute atomic E-state index is 0.0709. The highest BCUT2D eigenvalue weighted by molar-refractivity contribution is 5.98. The van der Waals surface area contributed by atoms with Crippen LogP contribution in [0.25, 0.3) is 0 Å². The summed E-state index contributed by atoms with van der Waals surface area (Å²) in [5.74, 6) is -0.417. The molecule has 0 saturated carbocycles. The second-order valence-corrected chi connectivity index (χ2v) is 7.23. The molecule has 0 aromatic heterocycles. The quantitative estimate of drug-likeness (QED) is 0.865. The van der Waals surface area contributed by atoms with E-state index in [1.807, 2.05) is 36.4 Å². The lowest BCUT2D eigenvalue weighted by molar-refractivity contribution is 0.0946. The molecule has 1 fully saturated rings. The molecule has 4 rings (SSSR count). The lowest BCUT2D eigenvalue weighted by atomic mass is 9.91. The Hall–Kier alpha value is -3.33.